The molecule has 70 valence electrons. The molecule has 0 aromatic carbocycles. The molecule has 0 atom stereocenters. The third-order valence-corrected chi connectivity index (χ3v) is 4.16. The van der Waals surface area contributed by atoms with E-state index in [2.05, 4.69) is 13.8 Å². The molecule has 0 bridgehead atoms. The van der Waals surface area contributed by atoms with E-state index in [-0.39, 0.29) is 5.57 Å². The zero-order valence-corrected chi connectivity index (χ0v) is 9.50. The lowest BCUT2D eigenvalue weighted by molar-refractivity contribution is 1.46. The summed E-state index contributed by atoms with van der Waals surface area (Å²) in [6, 6.07) is 3.64. The van der Waals surface area contributed by atoms with Gasteiger partial charge in [0.15, 0.2) is 0 Å². The first-order chi connectivity index (χ1) is 6.67. The minimum Gasteiger partial charge on any atom is -0.192 e. The maximum Gasteiger partial charge on any atom is 0.129 e. The van der Waals surface area contributed by atoms with Crippen molar-refractivity contribution in [3.8, 4) is 12.1 Å². The van der Waals surface area contributed by atoms with Gasteiger partial charge in [-0.05, 0) is 35.8 Å². The number of hydrogen-bond acceptors (Lipinski definition) is 4. The molecule has 0 unspecified atom stereocenters. The van der Waals surface area contributed by atoms with Crippen molar-refractivity contribution >= 4 is 23.5 Å². The molecule has 14 heavy (non-hydrogen) atoms. The largest absolute Gasteiger partial charge is 0.192 e. The molecule has 1 aliphatic heterocycles. The second-order valence-corrected chi connectivity index (χ2v) is 5.38. The number of thioether (sulfide) groups is 2. The number of allylic oxidation sites excluding steroid dienone is 5. The Morgan fingerprint density at radius 3 is 2.07 bits per heavy atom. The van der Waals surface area contributed by atoms with E-state index >= 15 is 0 Å². The van der Waals surface area contributed by atoms with Gasteiger partial charge in [-0.1, -0.05) is 23.5 Å². The van der Waals surface area contributed by atoms with Gasteiger partial charge < -0.3 is 0 Å². The molecule has 0 aromatic heterocycles. The topological polar surface area (TPSA) is 47.6 Å². The number of nitrogens with zero attached hydrogens (tertiary/aromatic N) is 2. The van der Waals surface area contributed by atoms with E-state index in [0.29, 0.717) is 0 Å². The van der Waals surface area contributed by atoms with E-state index in [0.717, 1.165) is 4.24 Å². The van der Waals surface area contributed by atoms with Crippen molar-refractivity contribution in [3.63, 3.8) is 0 Å². The standard InChI is InChI=1S/C10H8N2S2/c1-7-8(2)14-10(13-7)4-3-9(5-11)6-12/h3-4H,1-2H3. The van der Waals surface area contributed by atoms with E-state index < -0.39 is 0 Å². The van der Waals surface area contributed by atoms with Gasteiger partial charge in [-0.2, -0.15) is 10.5 Å². The van der Waals surface area contributed by atoms with E-state index in [1.54, 1.807) is 29.6 Å². The van der Waals surface area contributed by atoms with Crippen LogP contribution in [-0.2, 0) is 0 Å². The molecule has 1 aliphatic rings. The molecule has 0 saturated heterocycles. The van der Waals surface area contributed by atoms with Crippen molar-refractivity contribution in [1.82, 2.24) is 0 Å². The van der Waals surface area contributed by atoms with Crippen LogP contribution in [0.2, 0.25) is 0 Å². The molecule has 0 amide bonds. The summed E-state index contributed by atoms with van der Waals surface area (Å²) in [6.07, 6.45) is 3.37. The average Bonchev–Trinajstić information content (AvgIpc) is 2.48. The second kappa shape index (κ2) is 4.95. The van der Waals surface area contributed by atoms with Gasteiger partial charge in [0.1, 0.15) is 17.7 Å². The van der Waals surface area contributed by atoms with Gasteiger partial charge in [0.25, 0.3) is 0 Å². The SMILES string of the molecule is CC1=C(C)SC(=CC=C(C#N)C#N)S1. The van der Waals surface area contributed by atoms with Gasteiger partial charge in [-0.3, -0.25) is 0 Å². The van der Waals surface area contributed by atoms with Gasteiger partial charge >= 0.3 is 0 Å². The van der Waals surface area contributed by atoms with Gasteiger partial charge in [-0.25, -0.2) is 0 Å². The summed E-state index contributed by atoms with van der Waals surface area (Å²) in [5.74, 6) is 0. The van der Waals surface area contributed by atoms with Crippen molar-refractivity contribution in [1.29, 1.82) is 10.5 Å². The quantitative estimate of drug-likeness (QED) is 0.634. The smallest absolute Gasteiger partial charge is 0.129 e. The van der Waals surface area contributed by atoms with Gasteiger partial charge in [0.05, 0.1) is 0 Å². The zero-order chi connectivity index (χ0) is 10.6. The van der Waals surface area contributed by atoms with Gasteiger partial charge in [0.2, 0.25) is 0 Å². The number of nitriles is 2. The minimum absolute atomic E-state index is 0.140. The van der Waals surface area contributed by atoms with Crippen molar-refractivity contribution in [2.75, 3.05) is 0 Å². The Bertz CT molecular complexity index is 384. The maximum absolute atomic E-state index is 8.51. The van der Waals surface area contributed by atoms with Crippen LogP contribution in [0.4, 0.5) is 0 Å². The van der Waals surface area contributed by atoms with Crippen LogP contribution in [0.1, 0.15) is 13.8 Å². The lowest BCUT2D eigenvalue weighted by Gasteiger charge is -1.90. The first kappa shape index (κ1) is 11.0. The Morgan fingerprint density at radius 1 is 1.14 bits per heavy atom. The Morgan fingerprint density at radius 2 is 1.64 bits per heavy atom. The van der Waals surface area contributed by atoms with Crippen LogP contribution < -0.4 is 0 Å². The molecule has 0 saturated carbocycles. The molecule has 4 heteroatoms. The summed E-state index contributed by atoms with van der Waals surface area (Å²) in [7, 11) is 0. The second-order valence-electron chi connectivity index (χ2n) is 2.61. The van der Waals surface area contributed by atoms with Crippen LogP contribution in [0, 0.1) is 22.7 Å². The van der Waals surface area contributed by atoms with Crippen LogP contribution >= 0.6 is 23.5 Å². The van der Waals surface area contributed by atoms with Crippen LogP contribution in [0.3, 0.4) is 0 Å². The monoisotopic (exact) mass is 220 g/mol. The van der Waals surface area contributed by atoms with Crippen molar-refractivity contribution in [2.24, 2.45) is 0 Å². The third-order valence-electron chi connectivity index (χ3n) is 1.63. The summed E-state index contributed by atoms with van der Waals surface area (Å²) in [6.45, 7) is 4.13. The van der Waals surface area contributed by atoms with Crippen LogP contribution in [0.25, 0.3) is 0 Å². The molecule has 1 heterocycles. The fourth-order valence-corrected chi connectivity index (χ4v) is 3.12. The van der Waals surface area contributed by atoms with E-state index in [9.17, 15) is 0 Å². The zero-order valence-electron chi connectivity index (χ0n) is 7.87. The number of rotatable bonds is 1. The Kier molecular flexibility index (Phi) is 3.88. The van der Waals surface area contributed by atoms with E-state index in [1.165, 1.54) is 9.81 Å². The minimum atomic E-state index is 0.140. The predicted molar refractivity (Wildman–Crippen MR) is 60.9 cm³/mol. The maximum atomic E-state index is 8.51. The summed E-state index contributed by atoms with van der Waals surface area (Å²) in [4.78, 5) is 2.57. The highest BCUT2D eigenvalue weighted by atomic mass is 32.2. The lowest BCUT2D eigenvalue weighted by Crippen LogP contribution is -1.69. The fourth-order valence-electron chi connectivity index (χ4n) is 0.785. The summed E-state index contributed by atoms with van der Waals surface area (Å²) in [5, 5.41) is 17.0. The van der Waals surface area contributed by atoms with Crippen LogP contribution in [0.5, 0.6) is 0 Å². The Balaban J connectivity index is 2.73. The van der Waals surface area contributed by atoms with Crippen LogP contribution in [-0.4, -0.2) is 0 Å². The highest BCUT2D eigenvalue weighted by Crippen LogP contribution is 2.48. The first-order valence-electron chi connectivity index (χ1n) is 3.92. The molecule has 0 radical (unpaired) electrons. The summed E-state index contributed by atoms with van der Waals surface area (Å²) < 4.78 is 1.11. The van der Waals surface area contributed by atoms with Gasteiger partial charge in [0, 0.05) is 4.24 Å². The fraction of sp³-hybridized carbons (Fsp3) is 0.200. The van der Waals surface area contributed by atoms with Crippen LogP contribution in [0.15, 0.2) is 31.8 Å². The summed E-state index contributed by atoms with van der Waals surface area (Å²) in [5.41, 5.74) is 0.140. The molecule has 0 spiro atoms. The Hall–Kier alpha value is -1.10. The van der Waals surface area contributed by atoms with E-state index in [1.807, 2.05) is 18.2 Å². The number of hydrogen-bond donors (Lipinski definition) is 0. The van der Waals surface area contributed by atoms with E-state index in [4.69, 9.17) is 10.5 Å². The lowest BCUT2D eigenvalue weighted by atomic mass is 10.3. The van der Waals surface area contributed by atoms with Crippen molar-refractivity contribution < 1.29 is 0 Å². The van der Waals surface area contributed by atoms with Crippen molar-refractivity contribution in [3.05, 3.63) is 31.8 Å². The molecular formula is C10H8N2S2. The molecule has 0 N–H and O–H groups in total. The average molecular weight is 220 g/mol. The summed E-state index contributed by atoms with van der Waals surface area (Å²) >= 11 is 3.35. The van der Waals surface area contributed by atoms with Crippen molar-refractivity contribution in [2.45, 2.75) is 13.8 Å². The predicted octanol–water partition coefficient (Wildman–Crippen LogP) is 3.53. The molecule has 2 nitrogen and oxygen atoms in total. The highest BCUT2D eigenvalue weighted by molar-refractivity contribution is 8.28. The normalized spacial score (nSPS) is 14.7. The molecule has 0 fully saturated rings. The highest BCUT2D eigenvalue weighted by Gasteiger charge is 2.12. The molecule has 0 aliphatic carbocycles. The molecule has 0 aromatic rings. The Labute approximate surface area is 92.0 Å². The third kappa shape index (κ3) is 2.70. The molecular weight excluding hydrogens is 212 g/mol. The first-order valence-corrected chi connectivity index (χ1v) is 5.56. The van der Waals surface area contributed by atoms with Gasteiger partial charge in [-0.15, -0.1) is 0 Å². The molecule has 1 rings (SSSR count).